The van der Waals surface area contributed by atoms with Gasteiger partial charge in [-0.3, -0.25) is 25.4 Å². The van der Waals surface area contributed by atoms with E-state index in [4.69, 9.17) is 0 Å². The topological polar surface area (TPSA) is 109 Å². The lowest BCUT2D eigenvalue weighted by Gasteiger charge is -2.25. The fourth-order valence-electron chi connectivity index (χ4n) is 4.02. The summed E-state index contributed by atoms with van der Waals surface area (Å²) < 4.78 is 13.5. The Bertz CT molecular complexity index is 1180. The van der Waals surface area contributed by atoms with Crippen molar-refractivity contribution in [3.63, 3.8) is 0 Å². The van der Waals surface area contributed by atoms with Crippen LogP contribution in [0.3, 0.4) is 0 Å². The molecule has 0 radical (unpaired) electrons. The summed E-state index contributed by atoms with van der Waals surface area (Å²) in [7, 11) is 0. The Labute approximate surface area is 177 Å². The first kappa shape index (κ1) is 19.1. The van der Waals surface area contributed by atoms with Gasteiger partial charge in [0.2, 0.25) is 11.8 Å². The average Bonchev–Trinajstić information content (AvgIpc) is 3.26. The second kappa shape index (κ2) is 7.75. The number of hydrogen-bond donors (Lipinski definition) is 3. The molecule has 2 amide bonds. The van der Waals surface area contributed by atoms with Crippen molar-refractivity contribution in [2.45, 2.75) is 31.6 Å². The lowest BCUT2D eigenvalue weighted by Crippen LogP contribution is -2.38. The number of hydrazine groups is 1. The van der Waals surface area contributed by atoms with Gasteiger partial charge in [0.25, 0.3) is 0 Å². The largest absolute Gasteiger partial charge is 0.326 e. The summed E-state index contributed by atoms with van der Waals surface area (Å²) in [5.74, 6) is -0.933. The molecule has 1 atom stereocenters. The number of nitrogens with zero attached hydrogens (tertiary/aromatic N) is 3. The summed E-state index contributed by atoms with van der Waals surface area (Å²) in [5.41, 5.74) is 9.04. The normalized spacial score (nSPS) is 16.8. The Kier molecular flexibility index (Phi) is 4.78. The van der Waals surface area contributed by atoms with E-state index in [1.54, 1.807) is 6.20 Å². The summed E-state index contributed by atoms with van der Waals surface area (Å²) in [5, 5.41) is 2.61. The molecular formula is C22H19FN6O2. The summed E-state index contributed by atoms with van der Waals surface area (Å²) in [6.45, 7) is 0. The van der Waals surface area contributed by atoms with Crippen LogP contribution in [-0.4, -0.2) is 26.8 Å². The number of fused-ring (bicyclic) bond motifs is 2. The molecule has 0 saturated carbocycles. The number of rotatable bonds is 4. The fourth-order valence-corrected chi connectivity index (χ4v) is 4.02. The van der Waals surface area contributed by atoms with E-state index in [2.05, 4.69) is 31.1 Å². The fraction of sp³-hybridized carbons (Fsp3) is 0.227. The van der Waals surface area contributed by atoms with Crippen molar-refractivity contribution in [1.29, 1.82) is 0 Å². The van der Waals surface area contributed by atoms with E-state index in [1.165, 1.54) is 18.2 Å². The van der Waals surface area contributed by atoms with Crippen molar-refractivity contribution < 1.29 is 14.0 Å². The number of hydrogen-bond acceptors (Lipinski definition) is 6. The van der Waals surface area contributed by atoms with Crippen molar-refractivity contribution >= 4 is 23.3 Å². The molecule has 8 nitrogen and oxygen atoms in total. The summed E-state index contributed by atoms with van der Waals surface area (Å²) in [6.07, 6.45) is 4.26. The van der Waals surface area contributed by atoms with Crippen LogP contribution < -0.4 is 16.2 Å². The Morgan fingerprint density at radius 3 is 2.90 bits per heavy atom. The molecule has 2 aromatic heterocycles. The van der Waals surface area contributed by atoms with Gasteiger partial charge in [-0.05, 0) is 49.1 Å². The smallest absolute Gasteiger partial charge is 0.246 e. The van der Waals surface area contributed by atoms with Crippen LogP contribution in [0, 0.1) is 5.82 Å². The molecule has 0 bridgehead atoms. The van der Waals surface area contributed by atoms with Crippen LogP contribution in [0.4, 0.5) is 15.9 Å². The molecule has 2 aliphatic rings. The predicted molar refractivity (Wildman–Crippen MR) is 111 cm³/mol. The minimum atomic E-state index is -0.734. The highest BCUT2D eigenvalue weighted by Gasteiger charge is 2.31. The molecule has 0 spiro atoms. The lowest BCUT2D eigenvalue weighted by molar-refractivity contribution is -0.126. The maximum absolute atomic E-state index is 13.5. The predicted octanol–water partition coefficient (Wildman–Crippen LogP) is 2.74. The number of aromatic nitrogens is 3. The number of halogens is 1. The molecule has 31 heavy (non-hydrogen) atoms. The molecule has 0 saturated heterocycles. The maximum Gasteiger partial charge on any atom is 0.246 e. The van der Waals surface area contributed by atoms with E-state index in [1.807, 2.05) is 18.2 Å². The van der Waals surface area contributed by atoms with Crippen LogP contribution in [0.5, 0.6) is 0 Å². The second-order valence-electron chi connectivity index (χ2n) is 7.54. The number of pyridine rings is 1. The monoisotopic (exact) mass is 418 g/mol. The van der Waals surface area contributed by atoms with Gasteiger partial charge in [0.15, 0.2) is 11.6 Å². The SMILES string of the molecule is O=C1CC(C(=O)NNc2nc(-c3ccccn3)nc3c2CCC3)c2ccc(F)cc2N1. The minimum absolute atomic E-state index is 0.0206. The van der Waals surface area contributed by atoms with Crippen molar-refractivity contribution in [2.24, 2.45) is 0 Å². The first-order chi connectivity index (χ1) is 15.1. The molecule has 5 rings (SSSR count). The lowest BCUT2D eigenvalue weighted by atomic mass is 9.90. The highest BCUT2D eigenvalue weighted by molar-refractivity contribution is 6.01. The van der Waals surface area contributed by atoms with Gasteiger partial charge in [0.1, 0.15) is 11.5 Å². The zero-order valence-corrected chi connectivity index (χ0v) is 16.5. The van der Waals surface area contributed by atoms with Crippen LogP contribution in [-0.2, 0) is 22.4 Å². The van der Waals surface area contributed by atoms with Crippen LogP contribution in [0.1, 0.15) is 35.6 Å². The first-order valence-electron chi connectivity index (χ1n) is 10.0. The third-order valence-electron chi connectivity index (χ3n) is 5.50. The van der Waals surface area contributed by atoms with Crippen molar-refractivity contribution in [1.82, 2.24) is 20.4 Å². The second-order valence-corrected chi connectivity index (χ2v) is 7.54. The van der Waals surface area contributed by atoms with Gasteiger partial charge in [-0.2, -0.15) is 0 Å². The van der Waals surface area contributed by atoms with Gasteiger partial charge in [0, 0.05) is 29.6 Å². The third kappa shape index (κ3) is 3.70. The van der Waals surface area contributed by atoms with Gasteiger partial charge in [-0.15, -0.1) is 0 Å². The van der Waals surface area contributed by atoms with E-state index < -0.39 is 17.6 Å². The van der Waals surface area contributed by atoms with E-state index in [9.17, 15) is 14.0 Å². The maximum atomic E-state index is 13.5. The average molecular weight is 418 g/mol. The summed E-state index contributed by atoms with van der Waals surface area (Å²) in [6, 6.07) is 9.53. The molecule has 1 unspecified atom stereocenters. The number of anilines is 2. The van der Waals surface area contributed by atoms with Gasteiger partial charge in [-0.25, -0.2) is 14.4 Å². The van der Waals surface area contributed by atoms with E-state index >= 15 is 0 Å². The summed E-state index contributed by atoms with van der Waals surface area (Å²) in [4.78, 5) is 38.5. The van der Waals surface area contributed by atoms with Crippen LogP contribution in [0.15, 0.2) is 42.6 Å². The molecule has 3 N–H and O–H groups in total. The Morgan fingerprint density at radius 1 is 1.16 bits per heavy atom. The molecule has 9 heteroatoms. The minimum Gasteiger partial charge on any atom is -0.326 e. The molecule has 1 aliphatic heterocycles. The molecule has 156 valence electrons. The highest BCUT2D eigenvalue weighted by atomic mass is 19.1. The molecular weight excluding hydrogens is 399 g/mol. The van der Waals surface area contributed by atoms with Crippen LogP contribution in [0.2, 0.25) is 0 Å². The number of nitrogens with one attached hydrogen (secondary N) is 3. The van der Waals surface area contributed by atoms with Gasteiger partial charge < -0.3 is 5.32 Å². The quantitative estimate of drug-likeness (QED) is 0.562. The van der Waals surface area contributed by atoms with Crippen LogP contribution >= 0.6 is 0 Å². The number of benzene rings is 1. The number of amides is 2. The zero-order valence-electron chi connectivity index (χ0n) is 16.5. The molecule has 1 aromatic carbocycles. The molecule has 0 fully saturated rings. The van der Waals surface area contributed by atoms with E-state index in [0.29, 0.717) is 28.6 Å². The van der Waals surface area contributed by atoms with E-state index in [0.717, 1.165) is 30.5 Å². The first-order valence-corrected chi connectivity index (χ1v) is 10.0. The zero-order chi connectivity index (χ0) is 21.4. The number of carbonyl (C=O) groups is 2. The van der Waals surface area contributed by atoms with Gasteiger partial charge in [-0.1, -0.05) is 12.1 Å². The van der Waals surface area contributed by atoms with E-state index in [-0.39, 0.29) is 12.3 Å². The standard InChI is InChI=1S/C22H19FN6O2/c23-12-7-8-13-15(11-19(30)25-18(13)10-12)22(31)29-28-20-14-4-3-6-16(14)26-21(27-20)17-5-1-2-9-24-17/h1-2,5,7-10,15H,3-4,6,11H2,(H,25,30)(H,29,31)(H,26,27,28). The van der Waals surface area contributed by atoms with Crippen molar-refractivity contribution in [2.75, 3.05) is 10.7 Å². The van der Waals surface area contributed by atoms with Crippen molar-refractivity contribution in [3.8, 4) is 11.5 Å². The molecule has 3 heterocycles. The highest BCUT2D eigenvalue weighted by Crippen LogP contribution is 2.33. The van der Waals surface area contributed by atoms with Crippen LogP contribution in [0.25, 0.3) is 11.5 Å². The molecule has 3 aromatic rings. The molecule has 1 aliphatic carbocycles. The van der Waals surface area contributed by atoms with Gasteiger partial charge in [0.05, 0.1) is 5.92 Å². The van der Waals surface area contributed by atoms with Crippen molar-refractivity contribution in [3.05, 3.63) is 65.2 Å². The van der Waals surface area contributed by atoms with Gasteiger partial charge >= 0.3 is 0 Å². The Balaban J connectivity index is 1.40. The number of aryl methyl sites for hydroxylation is 1. The number of carbonyl (C=O) groups excluding carboxylic acids is 2. The Morgan fingerprint density at radius 2 is 2.06 bits per heavy atom. The Hall–Kier alpha value is -3.88. The third-order valence-corrected chi connectivity index (χ3v) is 5.50. The summed E-state index contributed by atoms with van der Waals surface area (Å²) >= 11 is 0.